The predicted molar refractivity (Wildman–Crippen MR) is 158 cm³/mol. The van der Waals surface area contributed by atoms with Gasteiger partial charge in [0.05, 0.1) is 25.3 Å². The van der Waals surface area contributed by atoms with E-state index in [2.05, 4.69) is 10.6 Å². The highest BCUT2D eigenvalue weighted by molar-refractivity contribution is 5.88. The van der Waals surface area contributed by atoms with Gasteiger partial charge in [0.2, 0.25) is 11.8 Å². The van der Waals surface area contributed by atoms with E-state index in [0.717, 1.165) is 24.0 Å². The van der Waals surface area contributed by atoms with Crippen molar-refractivity contribution in [2.24, 2.45) is 0 Å². The van der Waals surface area contributed by atoms with Crippen LogP contribution in [0.3, 0.4) is 0 Å². The molecule has 0 bridgehead atoms. The van der Waals surface area contributed by atoms with Crippen molar-refractivity contribution in [3.05, 3.63) is 71.8 Å². The van der Waals surface area contributed by atoms with E-state index in [0.29, 0.717) is 12.8 Å². The Morgan fingerprint density at radius 1 is 0.659 bits per heavy atom. The van der Waals surface area contributed by atoms with Crippen LogP contribution in [0.15, 0.2) is 60.7 Å². The van der Waals surface area contributed by atoms with E-state index in [4.69, 9.17) is 9.47 Å². The molecule has 5 rings (SSSR count). The molecule has 2 aromatic rings. The summed E-state index contributed by atoms with van der Waals surface area (Å²) in [6.07, 6.45) is -0.0264. The standard InChI is InChI=1S/C32H40N4O8/c37-23-15-27(35(17-23)31(41)43-19-21-9-3-1-4-10-21)29(39)33-25-13-7-8-14-26(25)34-30(40)28-16-24(38)18-36(28)32(42)44-20-22-11-5-2-6-12-22/h1-6,9-12,23-28,37-38H,7-8,13-20H2,(H,33,39)(H,34,40)/t23-,24-,25-,26-,27+,28+/m1/s1. The number of nitrogens with one attached hydrogen (secondary N) is 2. The number of benzene rings is 2. The fourth-order valence-corrected chi connectivity index (χ4v) is 6.17. The minimum absolute atomic E-state index is 0.0171. The second-order valence-corrected chi connectivity index (χ2v) is 11.7. The largest absolute Gasteiger partial charge is 0.445 e. The van der Waals surface area contributed by atoms with E-state index in [-0.39, 0.29) is 39.1 Å². The molecule has 236 valence electrons. The van der Waals surface area contributed by atoms with E-state index in [1.54, 1.807) is 0 Å². The first kappa shape index (κ1) is 31.3. The van der Waals surface area contributed by atoms with E-state index in [1.165, 1.54) is 9.80 Å². The molecule has 6 atom stereocenters. The number of aliphatic hydroxyl groups is 2. The highest BCUT2D eigenvalue weighted by atomic mass is 16.6. The molecule has 1 saturated carbocycles. The molecular weight excluding hydrogens is 568 g/mol. The van der Waals surface area contributed by atoms with Crippen molar-refractivity contribution >= 4 is 24.0 Å². The summed E-state index contributed by atoms with van der Waals surface area (Å²) in [6.45, 7) is 0.0571. The molecule has 0 spiro atoms. The summed E-state index contributed by atoms with van der Waals surface area (Å²) in [4.78, 5) is 55.1. The predicted octanol–water partition coefficient (Wildman–Crippen LogP) is 2.07. The molecule has 0 aromatic heterocycles. The molecule has 1 aliphatic carbocycles. The van der Waals surface area contributed by atoms with Crippen molar-refractivity contribution in [2.45, 2.75) is 88.1 Å². The fraction of sp³-hybridized carbons (Fsp3) is 0.500. The zero-order chi connectivity index (χ0) is 31.1. The molecule has 3 fully saturated rings. The number of nitrogens with zero attached hydrogens (tertiary/aromatic N) is 2. The van der Waals surface area contributed by atoms with Gasteiger partial charge < -0.3 is 30.3 Å². The van der Waals surface area contributed by atoms with Crippen LogP contribution in [0.1, 0.15) is 49.7 Å². The van der Waals surface area contributed by atoms with Crippen molar-refractivity contribution in [1.82, 2.24) is 20.4 Å². The maximum atomic E-state index is 13.4. The summed E-state index contributed by atoms with van der Waals surface area (Å²) < 4.78 is 10.8. The lowest BCUT2D eigenvalue weighted by atomic mass is 9.89. The number of β-amino-alcohol motifs (C(OH)–C–C–N with tert-alkyl or cyclic N) is 2. The number of aliphatic hydroxyl groups excluding tert-OH is 2. The normalized spacial score (nSPS) is 26.6. The van der Waals surface area contributed by atoms with Crippen LogP contribution in [0.4, 0.5) is 9.59 Å². The highest BCUT2D eigenvalue weighted by Crippen LogP contribution is 2.25. The number of likely N-dealkylation sites (tertiary alicyclic amines) is 2. The van der Waals surface area contributed by atoms with Gasteiger partial charge in [-0.15, -0.1) is 0 Å². The lowest BCUT2D eigenvalue weighted by Crippen LogP contribution is -2.58. The zero-order valence-electron chi connectivity index (χ0n) is 24.5. The van der Waals surface area contributed by atoms with Gasteiger partial charge in [0.15, 0.2) is 0 Å². The third kappa shape index (κ3) is 7.86. The third-order valence-electron chi connectivity index (χ3n) is 8.46. The van der Waals surface area contributed by atoms with Gasteiger partial charge in [0.1, 0.15) is 25.3 Å². The third-order valence-corrected chi connectivity index (χ3v) is 8.46. The Balaban J connectivity index is 1.17. The Kier molecular flexibility index (Phi) is 10.3. The smallest absolute Gasteiger partial charge is 0.410 e. The Labute approximate surface area is 256 Å². The second-order valence-electron chi connectivity index (χ2n) is 11.7. The van der Waals surface area contributed by atoms with Gasteiger partial charge in [0, 0.05) is 24.9 Å². The summed E-state index contributed by atoms with van der Waals surface area (Å²) in [5.74, 6) is -0.849. The molecule has 2 saturated heterocycles. The number of rotatable bonds is 8. The summed E-state index contributed by atoms with van der Waals surface area (Å²) >= 11 is 0. The van der Waals surface area contributed by atoms with Crippen LogP contribution in [-0.2, 0) is 32.3 Å². The first-order chi connectivity index (χ1) is 21.3. The first-order valence-corrected chi connectivity index (χ1v) is 15.2. The van der Waals surface area contributed by atoms with Crippen LogP contribution in [0, 0.1) is 0 Å². The van der Waals surface area contributed by atoms with Crippen molar-refractivity contribution in [1.29, 1.82) is 0 Å². The molecule has 4 N–H and O–H groups in total. The minimum Gasteiger partial charge on any atom is -0.445 e. The van der Waals surface area contributed by atoms with Crippen molar-refractivity contribution in [2.75, 3.05) is 13.1 Å². The van der Waals surface area contributed by atoms with E-state index in [9.17, 15) is 29.4 Å². The highest BCUT2D eigenvalue weighted by Gasteiger charge is 2.43. The SMILES string of the molecule is O=C(N[C@@H]1CCCC[C@H]1NC(=O)[C@@H]1C[C@@H](O)CN1C(=O)OCc1ccccc1)[C@@H]1C[C@@H](O)CN1C(=O)OCc1ccccc1. The summed E-state index contributed by atoms with van der Waals surface area (Å²) in [7, 11) is 0. The Morgan fingerprint density at radius 2 is 1.05 bits per heavy atom. The van der Waals surface area contributed by atoms with Crippen molar-refractivity contribution in [3.63, 3.8) is 0 Å². The Hall–Kier alpha value is -4.16. The minimum atomic E-state index is -0.911. The summed E-state index contributed by atoms with van der Waals surface area (Å²) in [5, 5.41) is 26.6. The van der Waals surface area contributed by atoms with Gasteiger partial charge in [0.25, 0.3) is 0 Å². The second kappa shape index (κ2) is 14.5. The van der Waals surface area contributed by atoms with Gasteiger partial charge >= 0.3 is 12.2 Å². The number of amides is 4. The summed E-state index contributed by atoms with van der Waals surface area (Å²) in [5.41, 5.74) is 1.61. The zero-order valence-corrected chi connectivity index (χ0v) is 24.5. The lowest BCUT2D eigenvalue weighted by Gasteiger charge is -2.35. The molecular formula is C32H40N4O8. The topological polar surface area (TPSA) is 158 Å². The Morgan fingerprint density at radius 3 is 1.43 bits per heavy atom. The average molecular weight is 609 g/mol. The molecule has 0 unspecified atom stereocenters. The Bertz CT molecular complexity index is 1200. The fourth-order valence-electron chi connectivity index (χ4n) is 6.17. The van der Waals surface area contributed by atoms with Crippen LogP contribution >= 0.6 is 0 Å². The average Bonchev–Trinajstić information content (AvgIpc) is 3.63. The molecule has 12 nitrogen and oxygen atoms in total. The van der Waals surface area contributed by atoms with Gasteiger partial charge in [-0.05, 0) is 24.0 Å². The van der Waals surface area contributed by atoms with Gasteiger partial charge in [-0.3, -0.25) is 19.4 Å². The van der Waals surface area contributed by atoms with Gasteiger partial charge in [-0.25, -0.2) is 9.59 Å². The monoisotopic (exact) mass is 608 g/mol. The van der Waals surface area contributed by atoms with Gasteiger partial charge in [-0.2, -0.15) is 0 Å². The lowest BCUT2D eigenvalue weighted by molar-refractivity contribution is -0.129. The molecule has 2 aromatic carbocycles. The molecule has 2 heterocycles. The van der Waals surface area contributed by atoms with E-state index in [1.807, 2.05) is 60.7 Å². The number of ether oxygens (including phenoxy) is 2. The molecule has 4 amide bonds. The number of hydrogen-bond acceptors (Lipinski definition) is 8. The number of carbonyl (C=O) groups excluding carboxylic acids is 4. The van der Waals surface area contributed by atoms with Crippen LogP contribution in [0.5, 0.6) is 0 Å². The van der Waals surface area contributed by atoms with E-state index < -0.39 is 60.4 Å². The van der Waals surface area contributed by atoms with Crippen LogP contribution in [0.25, 0.3) is 0 Å². The van der Waals surface area contributed by atoms with Crippen molar-refractivity contribution in [3.8, 4) is 0 Å². The molecule has 0 radical (unpaired) electrons. The van der Waals surface area contributed by atoms with E-state index >= 15 is 0 Å². The molecule has 44 heavy (non-hydrogen) atoms. The van der Waals surface area contributed by atoms with Crippen LogP contribution in [0.2, 0.25) is 0 Å². The van der Waals surface area contributed by atoms with Crippen LogP contribution in [-0.4, -0.2) is 93.5 Å². The van der Waals surface area contributed by atoms with Crippen LogP contribution < -0.4 is 10.6 Å². The molecule has 12 heteroatoms. The first-order valence-electron chi connectivity index (χ1n) is 15.2. The van der Waals surface area contributed by atoms with Gasteiger partial charge in [-0.1, -0.05) is 73.5 Å². The molecule has 2 aliphatic heterocycles. The summed E-state index contributed by atoms with van der Waals surface area (Å²) in [6, 6.07) is 15.7. The molecule has 3 aliphatic rings. The number of carbonyl (C=O) groups is 4. The van der Waals surface area contributed by atoms with Crippen molar-refractivity contribution < 1.29 is 38.9 Å². The maximum Gasteiger partial charge on any atom is 0.410 e. The quantitative estimate of drug-likeness (QED) is 0.355. The number of hydrogen-bond donors (Lipinski definition) is 4. The maximum absolute atomic E-state index is 13.4.